The number of hydrogen-bond acceptors (Lipinski definition) is 5. The fourth-order valence-electron chi connectivity index (χ4n) is 1.72. The Kier molecular flexibility index (Phi) is 4.74. The van der Waals surface area contributed by atoms with Crippen LogP contribution >= 0.6 is 11.8 Å². The number of hydrogen-bond donors (Lipinski definition) is 1. The topological polar surface area (TPSA) is 67.9 Å². The van der Waals surface area contributed by atoms with Crippen LogP contribution in [0.15, 0.2) is 28.4 Å². The molecule has 0 aromatic carbocycles. The number of halogens is 3. The summed E-state index contributed by atoms with van der Waals surface area (Å²) >= 11 is 0.987. The first-order chi connectivity index (χ1) is 10.3. The van der Waals surface area contributed by atoms with Crippen molar-refractivity contribution >= 4 is 11.8 Å². The molecular formula is C13H12F3N3O2S. The molecule has 0 saturated heterocycles. The van der Waals surface area contributed by atoms with Crippen LogP contribution in [-0.2, 0) is 11.9 Å². The lowest BCUT2D eigenvalue weighted by molar-refractivity contribution is -0.141. The van der Waals surface area contributed by atoms with E-state index in [1.165, 1.54) is 13.3 Å². The van der Waals surface area contributed by atoms with Crippen molar-refractivity contribution in [1.29, 1.82) is 0 Å². The summed E-state index contributed by atoms with van der Waals surface area (Å²) in [5, 5.41) is -0.0990. The third-order valence-corrected chi connectivity index (χ3v) is 3.72. The van der Waals surface area contributed by atoms with Gasteiger partial charge in [0.2, 0.25) is 0 Å². The number of H-pyrrole nitrogens is 1. The Morgan fingerprint density at radius 3 is 2.73 bits per heavy atom. The summed E-state index contributed by atoms with van der Waals surface area (Å²) in [6.07, 6.45) is -1.51. The molecule has 0 aliphatic heterocycles. The van der Waals surface area contributed by atoms with Crippen molar-refractivity contribution in [3.05, 3.63) is 45.6 Å². The number of aryl methyl sites for hydroxylation is 1. The van der Waals surface area contributed by atoms with Gasteiger partial charge in [-0.15, -0.1) is 0 Å². The summed E-state index contributed by atoms with van der Waals surface area (Å²) in [7, 11) is 1.48. The van der Waals surface area contributed by atoms with Crippen molar-refractivity contribution in [2.75, 3.05) is 7.11 Å². The Labute approximate surface area is 128 Å². The van der Waals surface area contributed by atoms with Crippen LogP contribution in [0.4, 0.5) is 13.2 Å². The summed E-state index contributed by atoms with van der Waals surface area (Å²) in [6, 6.07) is 0.433. The number of aromatic amines is 1. The Morgan fingerprint density at radius 2 is 2.09 bits per heavy atom. The molecule has 2 heterocycles. The molecule has 118 valence electrons. The highest BCUT2D eigenvalue weighted by Gasteiger charge is 2.33. The zero-order chi connectivity index (χ0) is 16.3. The van der Waals surface area contributed by atoms with Gasteiger partial charge in [0, 0.05) is 23.6 Å². The van der Waals surface area contributed by atoms with E-state index in [0.29, 0.717) is 17.6 Å². The summed E-state index contributed by atoms with van der Waals surface area (Å²) in [5.41, 5.74) is -0.441. The van der Waals surface area contributed by atoms with Crippen molar-refractivity contribution in [3.8, 4) is 5.75 Å². The molecule has 5 nitrogen and oxygen atoms in total. The van der Waals surface area contributed by atoms with E-state index < -0.39 is 17.4 Å². The normalized spacial score (nSPS) is 11.5. The molecule has 0 fully saturated rings. The van der Waals surface area contributed by atoms with Gasteiger partial charge in [-0.25, -0.2) is 4.98 Å². The molecule has 0 aliphatic rings. The second-order valence-electron chi connectivity index (χ2n) is 4.36. The van der Waals surface area contributed by atoms with Gasteiger partial charge in [-0.3, -0.25) is 9.78 Å². The first-order valence-corrected chi connectivity index (χ1v) is 7.08. The van der Waals surface area contributed by atoms with Crippen LogP contribution in [0.3, 0.4) is 0 Å². The summed E-state index contributed by atoms with van der Waals surface area (Å²) in [5.74, 6) is 0.823. The Hall–Kier alpha value is -2.03. The minimum atomic E-state index is -4.66. The summed E-state index contributed by atoms with van der Waals surface area (Å²) < 4.78 is 43.1. The number of nitrogens with zero attached hydrogens (tertiary/aromatic N) is 2. The number of alkyl halides is 3. The lowest BCUT2D eigenvalue weighted by Gasteiger charge is -2.11. The number of ether oxygens (including phenoxy) is 1. The average Bonchev–Trinajstić information content (AvgIpc) is 2.44. The molecule has 9 heteroatoms. The molecule has 0 spiro atoms. The van der Waals surface area contributed by atoms with Gasteiger partial charge >= 0.3 is 6.18 Å². The van der Waals surface area contributed by atoms with Crippen molar-refractivity contribution < 1.29 is 17.9 Å². The van der Waals surface area contributed by atoms with Crippen LogP contribution in [0.5, 0.6) is 5.75 Å². The lowest BCUT2D eigenvalue weighted by atomic mass is 10.2. The van der Waals surface area contributed by atoms with Crippen molar-refractivity contribution in [3.63, 3.8) is 0 Å². The highest BCUT2D eigenvalue weighted by atomic mass is 32.2. The largest absolute Gasteiger partial charge is 0.495 e. The van der Waals surface area contributed by atoms with Crippen LogP contribution < -0.4 is 10.3 Å². The Balaban J connectivity index is 2.26. The maximum absolute atomic E-state index is 12.6. The summed E-state index contributed by atoms with van der Waals surface area (Å²) in [4.78, 5) is 21.0. The van der Waals surface area contributed by atoms with Gasteiger partial charge in [0.25, 0.3) is 5.56 Å². The quantitative estimate of drug-likeness (QED) is 0.689. The van der Waals surface area contributed by atoms with E-state index in [1.807, 2.05) is 6.92 Å². The molecule has 0 bridgehead atoms. The van der Waals surface area contributed by atoms with Gasteiger partial charge in [-0.05, 0) is 12.5 Å². The third kappa shape index (κ3) is 3.79. The van der Waals surface area contributed by atoms with Crippen molar-refractivity contribution in [2.45, 2.75) is 24.0 Å². The zero-order valence-electron chi connectivity index (χ0n) is 11.7. The fraction of sp³-hybridized carbons (Fsp3) is 0.308. The van der Waals surface area contributed by atoms with Gasteiger partial charge in [-0.2, -0.15) is 13.2 Å². The maximum Gasteiger partial charge on any atom is 0.433 e. The molecule has 0 amide bonds. The minimum Gasteiger partial charge on any atom is -0.495 e. The van der Waals surface area contributed by atoms with Crippen LogP contribution in [0.25, 0.3) is 0 Å². The number of thioether (sulfide) groups is 1. The van der Waals surface area contributed by atoms with E-state index in [-0.39, 0.29) is 5.16 Å². The van der Waals surface area contributed by atoms with Crippen LogP contribution in [-0.4, -0.2) is 22.1 Å². The van der Waals surface area contributed by atoms with E-state index in [2.05, 4.69) is 15.0 Å². The highest BCUT2D eigenvalue weighted by Crippen LogP contribution is 2.30. The molecule has 0 aliphatic carbocycles. The predicted octanol–water partition coefficient (Wildman–Crippen LogP) is 2.79. The SMILES string of the molecule is COc1cncc(C)c1CSc1nc(C(F)(F)F)cc(=O)[nH]1. The minimum absolute atomic E-state index is 0.0990. The molecule has 2 aromatic rings. The second-order valence-corrected chi connectivity index (χ2v) is 5.32. The maximum atomic E-state index is 12.6. The van der Waals surface area contributed by atoms with E-state index in [9.17, 15) is 18.0 Å². The molecule has 2 rings (SSSR count). The highest BCUT2D eigenvalue weighted by molar-refractivity contribution is 7.98. The van der Waals surface area contributed by atoms with Crippen molar-refractivity contribution in [1.82, 2.24) is 15.0 Å². The standard InChI is InChI=1S/C13H12F3N3O2S/c1-7-4-17-5-9(21-2)8(7)6-22-12-18-10(13(14,15)16)3-11(20)19-12/h3-5H,6H2,1-2H3,(H,18,19,20). The second kappa shape index (κ2) is 6.39. The lowest BCUT2D eigenvalue weighted by Crippen LogP contribution is -2.16. The molecular weight excluding hydrogens is 319 g/mol. The smallest absolute Gasteiger partial charge is 0.433 e. The zero-order valence-corrected chi connectivity index (χ0v) is 12.5. The molecule has 1 N–H and O–H groups in total. The van der Waals surface area contributed by atoms with E-state index in [4.69, 9.17) is 4.74 Å². The Bertz CT molecular complexity index is 731. The van der Waals surface area contributed by atoms with Crippen LogP contribution in [0.2, 0.25) is 0 Å². The number of aromatic nitrogens is 3. The van der Waals surface area contributed by atoms with Crippen LogP contribution in [0, 0.1) is 6.92 Å². The molecule has 0 radical (unpaired) electrons. The molecule has 0 unspecified atom stereocenters. The number of nitrogens with one attached hydrogen (secondary N) is 1. The van der Waals surface area contributed by atoms with Gasteiger partial charge in [0.15, 0.2) is 10.9 Å². The van der Waals surface area contributed by atoms with E-state index in [1.54, 1.807) is 6.20 Å². The molecule has 0 saturated carbocycles. The number of rotatable bonds is 4. The van der Waals surface area contributed by atoms with Gasteiger partial charge in [0.1, 0.15) is 5.75 Å². The first kappa shape index (κ1) is 16.3. The van der Waals surface area contributed by atoms with Gasteiger partial charge in [0.05, 0.1) is 13.3 Å². The average molecular weight is 331 g/mol. The third-order valence-electron chi connectivity index (χ3n) is 2.82. The van der Waals surface area contributed by atoms with Crippen LogP contribution in [0.1, 0.15) is 16.8 Å². The molecule has 2 aromatic heterocycles. The summed E-state index contributed by atoms with van der Waals surface area (Å²) in [6.45, 7) is 1.81. The van der Waals surface area contributed by atoms with E-state index in [0.717, 1.165) is 22.9 Å². The van der Waals surface area contributed by atoms with E-state index >= 15 is 0 Å². The molecule has 0 atom stereocenters. The first-order valence-electron chi connectivity index (χ1n) is 6.10. The number of methoxy groups -OCH3 is 1. The Morgan fingerprint density at radius 1 is 1.36 bits per heavy atom. The fourth-order valence-corrected chi connectivity index (χ4v) is 2.70. The number of pyridine rings is 1. The van der Waals surface area contributed by atoms with Gasteiger partial charge < -0.3 is 9.72 Å². The predicted molar refractivity (Wildman–Crippen MR) is 74.9 cm³/mol. The van der Waals surface area contributed by atoms with Gasteiger partial charge in [-0.1, -0.05) is 11.8 Å². The van der Waals surface area contributed by atoms with Crippen molar-refractivity contribution in [2.24, 2.45) is 0 Å². The monoisotopic (exact) mass is 331 g/mol. The molecule has 22 heavy (non-hydrogen) atoms.